The average Bonchev–Trinajstić information content (AvgIpc) is 2.43. The van der Waals surface area contributed by atoms with E-state index in [1.165, 1.54) is 6.20 Å². The summed E-state index contributed by atoms with van der Waals surface area (Å²) < 4.78 is 0.639. The minimum atomic E-state index is -0.189. The molecule has 0 aliphatic carbocycles. The molecule has 6 heteroatoms. The van der Waals surface area contributed by atoms with Crippen LogP contribution in [0.5, 0.6) is 0 Å². The molecule has 0 unspecified atom stereocenters. The summed E-state index contributed by atoms with van der Waals surface area (Å²) in [6, 6.07) is 9.06. The molecule has 0 bridgehead atoms. The van der Waals surface area contributed by atoms with Crippen LogP contribution >= 0.6 is 27.5 Å². The Morgan fingerprint density at radius 3 is 2.50 bits per heavy atom. The van der Waals surface area contributed by atoms with Crippen LogP contribution in [-0.4, -0.2) is 25.0 Å². The lowest BCUT2D eigenvalue weighted by atomic mass is 10.2. The Morgan fingerprint density at radius 2 is 1.95 bits per heavy atom. The molecule has 104 valence electrons. The van der Waals surface area contributed by atoms with Crippen molar-refractivity contribution in [2.24, 2.45) is 0 Å². The molecule has 4 nitrogen and oxygen atoms in total. The fourth-order valence-electron chi connectivity index (χ4n) is 1.60. The zero-order valence-electron chi connectivity index (χ0n) is 11.0. The van der Waals surface area contributed by atoms with E-state index in [4.69, 9.17) is 11.6 Å². The Hall–Kier alpha value is -1.59. The number of aromatic nitrogens is 1. The fourth-order valence-corrected chi connectivity index (χ4v) is 2.06. The highest BCUT2D eigenvalue weighted by atomic mass is 79.9. The van der Waals surface area contributed by atoms with Gasteiger partial charge in [0.1, 0.15) is 5.15 Å². The molecular formula is C14H13BrClN3O. The Balaban J connectivity index is 2.13. The van der Waals surface area contributed by atoms with Crippen LogP contribution in [-0.2, 0) is 0 Å². The normalized spacial score (nSPS) is 10.2. The van der Waals surface area contributed by atoms with Gasteiger partial charge in [0.05, 0.1) is 16.4 Å². The number of pyridine rings is 1. The van der Waals surface area contributed by atoms with E-state index in [-0.39, 0.29) is 5.91 Å². The zero-order valence-corrected chi connectivity index (χ0v) is 13.4. The van der Waals surface area contributed by atoms with E-state index >= 15 is 0 Å². The van der Waals surface area contributed by atoms with Gasteiger partial charge in [0.2, 0.25) is 0 Å². The van der Waals surface area contributed by atoms with E-state index in [0.29, 0.717) is 20.9 Å². The molecule has 0 fully saturated rings. The predicted molar refractivity (Wildman–Crippen MR) is 85.7 cm³/mol. The number of halogens is 2. The lowest BCUT2D eigenvalue weighted by molar-refractivity contribution is 0.102. The lowest BCUT2D eigenvalue weighted by Gasteiger charge is -2.12. The molecule has 1 aromatic carbocycles. The van der Waals surface area contributed by atoms with Crippen LogP contribution in [0.15, 0.2) is 41.0 Å². The van der Waals surface area contributed by atoms with Gasteiger partial charge < -0.3 is 10.2 Å². The first kappa shape index (κ1) is 14.8. The van der Waals surface area contributed by atoms with Crippen LogP contribution in [0, 0.1) is 0 Å². The first-order valence-electron chi connectivity index (χ1n) is 5.87. The summed E-state index contributed by atoms with van der Waals surface area (Å²) in [5.74, 6) is -0.189. The predicted octanol–water partition coefficient (Wildman–Crippen LogP) is 3.82. The quantitative estimate of drug-likeness (QED) is 0.852. The molecule has 1 aromatic heterocycles. The number of carbonyl (C=O) groups excluding carboxylic acids is 1. The van der Waals surface area contributed by atoms with Gasteiger partial charge in [-0.05, 0) is 46.3 Å². The fraction of sp³-hybridized carbons (Fsp3) is 0.143. The summed E-state index contributed by atoms with van der Waals surface area (Å²) in [5, 5.41) is 3.13. The van der Waals surface area contributed by atoms with Crippen molar-refractivity contribution >= 4 is 44.8 Å². The van der Waals surface area contributed by atoms with E-state index in [0.717, 1.165) is 5.69 Å². The monoisotopic (exact) mass is 353 g/mol. The van der Waals surface area contributed by atoms with E-state index < -0.39 is 0 Å². The number of hydrogen-bond acceptors (Lipinski definition) is 3. The number of benzene rings is 1. The molecule has 1 N–H and O–H groups in total. The highest BCUT2D eigenvalue weighted by Gasteiger charge is 2.08. The van der Waals surface area contributed by atoms with Crippen molar-refractivity contribution in [2.75, 3.05) is 24.3 Å². The second-order valence-corrected chi connectivity index (χ2v) is 5.60. The topological polar surface area (TPSA) is 45.2 Å². The van der Waals surface area contributed by atoms with Crippen LogP contribution in [0.4, 0.5) is 11.4 Å². The molecule has 2 rings (SSSR count). The lowest BCUT2D eigenvalue weighted by Crippen LogP contribution is -2.13. The number of hydrogen-bond donors (Lipinski definition) is 1. The number of nitrogens with zero attached hydrogens (tertiary/aromatic N) is 2. The third kappa shape index (κ3) is 3.49. The Bertz CT molecular complexity index is 629. The van der Waals surface area contributed by atoms with Gasteiger partial charge in [-0.2, -0.15) is 0 Å². The number of rotatable bonds is 3. The molecule has 0 aliphatic heterocycles. The molecule has 1 amide bonds. The number of anilines is 2. The first-order valence-corrected chi connectivity index (χ1v) is 7.04. The van der Waals surface area contributed by atoms with Crippen molar-refractivity contribution in [2.45, 2.75) is 0 Å². The van der Waals surface area contributed by atoms with Crippen molar-refractivity contribution in [3.63, 3.8) is 0 Å². The van der Waals surface area contributed by atoms with Crippen molar-refractivity contribution < 1.29 is 4.79 Å². The molecular weight excluding hydrogens is 342 g/mol. The van der Waals surface area contributed by atoms with Gasteiger partial charge in [-0.1, -0.05) is 11.6 Å². The molecule has 0 saturated heterocycles. The molecule has 0 saturated carbocycles. The van der Waals surface area contributed by atoms with Crippen LogP contribution < -0.4 is 10.2 Å². The summed E-state index contributed by atoms with van der Waals surface area (Å²) in [7, 11) is 3.90. The average molecular weight is 355 g/mol. The van der Waals surface area contributed by atoms with Gasteiger partial charge in [-0.15, -0.1) is 0 Å². The van der Waals surface area contributed by atoms with E-state index in [9.17, 15) is 4.79 Å². The molecule has 20 heavy (non-hydrogen) atoms. The Kier molecular flexibility index (Phi) is 4.62. The molecule has 0 spiro atoms. The maximum Gasteiger partial charge on any atom is 0.255 e. The Morgan fingerprint density at radius 1 is 1.30 bits per heavy atom. The molecule has 0 atom stereocenters. The van der Waals surface area contributed by atoms with Gasteiger partial charge in [0.15, 0.2) is 0 Å². The van der Waals surface area contributed by atoms with Crippen LogP contribution in [0.3, 0.4) is 0 Å². The molecule has 0 aliphatic rings. The number of amides is 1. The van der Waals surface area contributed by atoms with Gasteiger partial charge in [-0.25, -0.2) is 4.98 Å². The van der Waals surface area contributed by atoms with Gasteiger partial charge in [0, 0.05) is 25.3 Å². The maximum atomic E-state index is 12.1. The van der Waals surface area contributed by atoms with E-state index in [1.807, 2.05) is 31.1 Å². The van der Waals surface area contributed by atoms with Crippen molar-refractivity contribution in [3.05, 3.63) is 51.7 Å². The first-order chi connectivity index (χ1) is 9.47. The highest BCUT2D eigenvalue weighted by molar-refractivity contribution is 9.10. The second-order valence-electron chi connectivity index (χ2n) is 4.39. The number of nitrogens with one attached hydrogen (secondary N) is 1. The molecule has 0 radical (unpaired) electrons. The second kappa shape index (κ2) is 6.24. The summed E-state index contributed by atoms with van der Waals surface area (Å²) in [6.07, 6.45) is 1.51. The van der Waals surface area contributed by atoms with Gasteiger partial charge in [0.25, 0.3) is 5.91 Å². The van der Waals surface area contributed by atoms with Crippen molar-refractivity contribution in [1.29, 1.82) is 0 Å². The zero-order chi connectivity index (χ0) is 14.7. The molecule has 2 aromatic rings. The maximum absolute atomic E-state index is 12.1. The summed E-state index contributed by atoms with van der Waals surface area (Å²) >= 11 is 9.07. The van der Waals surface area contributed by atoms with Gasteiger partial charge in [-0.3, -0.25) is 4.79 Å². The Labute approximate surface area is 130 Å². The highest BCUT2D eigenvalue weighted by Crippen LogP contribution is 2.23. The van der Waals surface area contributed by atoms with Crippen LogP contribution in [0.2, 0.25) is 5.15 Å². The van der Waals surface area contributed by atoms with Crippen LogP contribution in [0.25, 0.3) is 0 Å². The molecule has 1 heterocycles. The summed E-state index contributed by atoms with van der Waals surface area (Å²) in [6.45, 7) is 0. The van der Waals surface area contributed by atoms with E-state index in [2.05, 4.69) is 26.2 Å². The standard InChI is InChI=1S/C14H13BrClN3O/c1-19(2)11-5-3-9(4-6-11)14(20)18-10-7-12(15)13(16)17-8-10/h3-8H,1-2H3,(H,18,20). The van der Waals surface area contributed by atoms with Crippen molar-refractivity contribution in [1.82, 2.24) is 4.98 Å². The van der Waals surface area contributed by atoms with Crippen LogP contribution in [0.1, 0.15) is 10.4 Å². The third-order valence-electron chi connectivity index (χ3n) is 2.70. The smallest absolute Gasteiger partial charge is 0.255 e. The van der Waals surface area contributed by atoms with Gasteiger partial charge >= 0.3 is 0 Å². The minimum absolute atomic E-state index is 0.189. The number of carbonyl (C=O) groups is 1. The van der Waals surface area contributed by atoms with E-state index in [1.54, 1.807) is 18.2 Å². The minimum Gasteiger partial charge on any atom is -0.378 e. The summed E-state index contributed by atoms with van der Waals surface area (Å²) in [4.78, 5) is 18.0. The third-order valence-corrected chi connectivity index (χ3v) is 3.83. The van der Waals surface area contributed by atoms with Crippen molar-refractivity contribution in [3.8, 4) is 0 Å². The SMILES string of the molecule is CN(C)c1ccc(C(=O)Nc2cnc(Cl)c(Br)c2)cc1. The largest absolute Gasteiger partial charge is 0.378 e. The summed E-state index contributed by atoms with van der Waals surface area (Å²) in [5.41, 5.74) is 2.21.